The lowest BCUT2D eigenvalue weighted by atomic mass is 9.86. The number of aliphatic hydroxyl groups is 1. The van der Waals surface area contributed by atoms with Crippen LogP contribution in [0.3, 0.4) is 0 Å². The standard InChI is InChI=1S/C18H26F2N2O2/c1-3-16(14-10-13(19)8-9-15(14)20)21-18(24)22(2)11-12-6-4-5-7-17(12)23/h8-10,12,16-17,23H,3-7,11H2,1-2H3,(H,21,24). The number of benzene rings is 1. The number of nitrogens with one attached hydrogen (secondary N) is 1. The Bertz CT molecular complexity index is 568. The highest BCUT2D eigenvalue weighted by Crippen LogP contribution is 2.25. The molecule has 0 saturated heterocycles. The van der Waals surface area contributed by atoms with Crippen LogP contribution < -0.4 is 5.32 Å². The van der Waals surface area contributed by atoms with E-state index in [-0.39, 0.29) is 23.6 Å². The Morgan fingerprint density at radius 3 is 2.75 bits per heavy atom. The molecule has 0 spiro atoms. The smallest absolute Gasteiger partial charge is 0.317 e. The van der Waals surface area contributed by atoms with Gasteiger partial charge in [0.25, 0.3) is 0 Å². The summed E-state index contributed by atoms with van der Waals surface area (Å²) in [5.41, 5.74) is 0.150. The molecule has 1 saturated carbocycles. The Labute approximate surface area is 141 Å². The van der Waals surface area contributed by atoms with E-state index in [1.165, 1.54) is 4.90 Å². The molecule has 2 rings (SSSR count). The van der Waals surface area contributed by atoms with Gasteiger partial charge in [-0.2, -0.15) is 0 Å². The van der Waals surface area contributed by atoms with Gasteiger partial charge in [-0.05, 0) is 37.5 Å². The molecule has 2 N–H and O–H groups in total. The fraction of sp³-hybridized carbons (Fsp3) is 0.611. The molecular weight excluding hydrogens is 314 g/mol. The minimum atomic E-state index is -0.591. The van der Waals surface area contributed by atoms with Crippen LogP contribution in [-0.4, -0.2) is 35.7 Å². The summed E-state index contributed by atoms with van der Waals surface area (Å²) in [6, 6.07) is 2.32. The van der Waals surface area contributed by atoms with Gasteiger partial charge in [0.1, 0.15) is 11.6 Å². The van der Waals surface area contributed by atoms with Gasteiger partial charge in [0.15, 0.2) is 0 Å². The van der Waals surface area contributed by atoms with Crippen molar-refractivity contribution < 1.29 is 18.7 Å². The van der Waals surface area contributed by atoms with E-state index < -0.39 is 17.7 Å². The molecule has 24 heavy (non-hydrogen) atoms. The van der Waals surface area contributed by atoms with E-state index in [0.29, 0.717) is 13.0 Å². The van der Waals surface area contributed by atoms with Crippen LogP contribution in [0.4, 0.5) is 13.6 Å². The van der Waals surface area contributed by atoms with Crippen molar-refractivity contribution in [3.8, 4) is 0 Å². The van der Waals surface area contributed by atoms with Crippen LogP contribution in [0.2, 0.25) is 0 Å². The van der Waals surface area contributed by atoms with Gasteiger partial charge in [0.2, 0.25) is 0 Å². The molecule has 0 aromatic heterocycles. The topological polar surface area (TPSA) is 52.6 Å². The molecule has 1 aliphatic carbocycles. The number of hydrogen-bond acceptors (Lipinski definition) is 2. The zero-order valence-electron chi connectivity index (χ0n) is 14.3. The molecule has 0 aliphatic heterocycles. The molecular formula is C18H26F2N2O2. The van der Waals surface area contributed by atoms with E-state index in [2.05, 4.69) is 5.32 Å². The second-order valence-electron chi connectivity index (χ2n) is 6.57. The molecule has 2 amide bonds. The first-order valence-corrected chi connectivity index (χ1v) is 8.57. The third-order valence-corrected chi connectivity index (χ3v) is 4.76. The van der Waals surface area contributed by atoms with Crippen molar-refractivity contribution in [2.24, 2.45) is 5.92 Å². The Morgan fingerprint density at radius 2 is 2.08 bits per heavy atom. The summed E-state index contributed by atoms with van der Waals surface area (Å²) < 4.78 is 27.3. The average Bonchev–Trinajstić information content (AvgIpc) is 2.56. The van der Waals surface area contributed by atoms with Crippen molar-refractivity contribution in [1.82, 2.24) is 10.2 Å². The molecule has 1 fully saturated rings. The Morgan fingerprint density at radius 1 is 1.38 bits per heavy atom. The minimum absolute atomic E-state index is 0.0699. The summed E-state index contributed by atoms with van der Waals surface area (Å²) in [5, 5.41) is 12.8. The molecule has 134 valence electrons. The SMILES string of the molecule is CCC(NC(=O)N(C)CC1CCCCC1O)c1cc(F)ccc1F. The highest BCUT2D eigenvalue weighted by Gasteiger charge is 2.26. The molecule has 3 atom stereocenters. The first-order chi connectivity index (χ1) is 11.4. The summed E-state index contributed by atoms with van der Waals surface area (Å²) in [6.45, 7) is 2.26. The number of carbonyl (C=O) groups excluding carboxylic acids is 1. The van der Waals surface area contributed by atoms with Gasteiger partial charge in [-0.1, -0.05) is 19.8 Å². The van der Waals surface area contributed by atoms with Crippen molar-refractivity contribution >= 4 is 6.03 Å². The van der Waals surface area contributed by atoms with E-state index in [1.54, 1.807) is 14.0 Å². The predicted molar refractivity (Wildman–Crippen MR) is 88.5 cm³/mol. The van der Waals surface area contributed by atoms with Crippen molar-refractivity contribution in [3.63, 3.8) is 0 Å². The Kier molecular flexibility index (Phi) is 6.54. The van der Waals surface area contributed by atoms with Gasteiger partial charge in [-0.3, -0.25) is 0 Å². The molecule has 0 radical (unpaired) electrons. The Balaban J connectivity index is 1.99. The van der Waals surface area contributed by atoms with Crippen LogP contribution in [0.15, 0.2) is 18.2 Å². The number of halogens is 2. The van der Waals surface area contributed by atoms with Crippen LogP contribution in [0.5, 0.6) is 0 Å². The number of aliphatic hydroxyl groups excluding tert-OH is 1. The molecule has 4 nitrogen and oxygen atoms in total. The van der Waals surface area contributed by atoms with Gasteiger partial charge in [-0.15, -0.1) is 0 Å². The zero-order chi connectivity index (χ0) is 17.7. The molecule has 1 aromatic carbocycles. The number of rotatable bonds is 5. The Hall–Kier alpha value is -1.69. The van der Waals surface area contributed by atoms with Crippen LogP contribution >= 0.6 is 0 Å². The number of urea groups is 1. The van der Waals surface area contributed by atoms with Crippen LogP contribution in [-0.2, 0) is 0 Å². The fourth-order valence-corrected chi connectivity index (χ4v) is 3.28. The quantitative estimate of drug-likeness (QED) is 0.860. The largest absolute Gasteiger partial charge is 0.393 e. The molecule has 1 aromatic rings. The minimum Gasteiger partial charge on any atom is -0.393 e. The summed E-state index contributed by atoms with van der Waals surface area (Å²) in [5.74, 6) is -0.993. The van der Waals surface area contributed by atoms with Crippen molar-refractivity contribution in [2.45, 2.75) is 51.2 Å². The molecule has 1 aliphatic rings. The second kappa shape index (κ2) is 8.42. The lowest BCUT2D eigenvalue weighted by molar-refractivity contribution is 0.0562. The first-order valence-electron chi connectivity index (χ1n) is 8.57. The van der Waals surface area contributed by atoms with E-state index in [9.17, 15) is 18.7 Å². The normalized spacial score (nSPS) is 22.0. The van der Waals surface area contributed by atoms with Crippen LogP contribution in [0.1, 0.15) is 50.6 Å². The molecule has 0 bridgehead atoms. The van der Waals surface area contributed by atoms with E-state index in [0.717, 1.165) is 43.9 Å². The van der Waals surface area contributed by atoms with Gasteiger partial charge in [0.05, 0.1) is 12.1 Å². The monoisotopic (exact) mass is 340 g/mol. The van der Waals surface area contributed by atoms with Gasteiger partial charge in [-0.25, -0.2) is 13.6 Å². The summed E-state index contributed by atoms with van der Waals surface area (Å²) in [6.07, 6.45) is 3.82. The number of nitrogens with zero attached hydrogens (tertiary/aromatic N) is 1. The van der Waals surface area contributed by atoms with Crippen molar-refractivity contribution in [1.29, 1.82) is 0 Å². The maximum absolute atomic E-state index is 13.9. The van der Waals surface area contributed by atoms with Crippen LogP contribution in [0.25, 0.3) is 0 Å². The van der Waals surface area contributed by atoms with E-state index >= 15 is 0 Å². The second-order valence-corrected chi connectivity index (χ2v) is 6.57. The van der Waals surface area contributed by atoms with Gasteiger partial charge in [0, 0.05) is 25.1 Å². The first kappa shape index (κ1) is 18.6. The third kappa shape index (κ3) is 4.66. The maximum atomic E-state index is 13.9. The van der Waals surface area contributed by atoms with Gasteiger partial charge >= 0.3 is 6.03 Å². The number of carbonyl (C=O) groups is 1. The molecule has 3 unspecified atom stereocenters. The maximum Gasteiger partial charge on any atom is 0.317 e. The third-order valence-electron chi connectivity index (χ3n) is 4.76. The highest BCUT2D eigenvalue weighted by molar-refractivity contribution is 5.74. The summed E-state index contributed by atoms with van der Waals surface area (Å²) in [7, 11) is 1.66. The highest BCUT2D eigenvalue weighted by atomic mass is 19.1. The summed E-state index contributed by atoms with van der Waals surface area (Å²) in [4.78, 5) is 13.9. The molecule has 6 heteroatoms. The van der Waals surface area contributed by atoms with Crippen LogP contribution in [0, 0.1) is 17.6 Å². The predicted octanol–water partition coefficient (Wildman–Crippen LogP) is 3.61. The fourth-order valence-electron chi connectivity index (χ4n) is 3.28. The lowest BCUT2D eigenvalue weighted by Gasteiger charge is -2.32. The number of amides is 2. The summed E-state index contributed by atoms with van der Waals surface area (Å²) >= 11 is 0. The van der Waals surface area contributed by atoms with Crippen molar-refractivity contribution in [2.75, 3.05) is 13.6 Å². The van der Waals surface area contributed by atoms with Crippen molar-refractivity contribution in [3.05, 3.63) is 35.4 Å². The zero-order valence-corrected chi connectivity index (χ0v) is 14.3. The number of hydrogen-bond donors (Lipinski definition) is 2. The lowest BCUT2D eigenvalue weighted by Crippen LogP contribution is -2.44. The molecule has 0 heterocycles. The average molecular weight is 340 g/mol. The van der Waals surface area contributed by atoms with E-state index in [1.807, 2.05) is 0 Å². The van der Waals surface area contributed by atoms with E-state index in [4.69, 9.17) is 0 Å². The van der Waals surface area contributed by atoms with Gasteiger partial charge < -0.3 is 15.3 Å².